The molecule has 0 bridgehead atoms. The molecule has 0 amide bonds. The maximum atomic E-state index is 5.87. The summed E-state index contributed by atoms with van der Waals surface area (Å²) < 4.78 is 1.90. The highest BCUT2D eigenvalue weighted by Gasteiger charge is 2.17. The second-order valence-corrected chi connectivity index (χ2v) is 5.59. The summed E-state index contributed by atoms with van der Waals surface area (Å²) in [5.41, 5.74) is 13.4. The molecule has 1 aromatic heterocycles. The Morgan fingerprint density at radius 3 is 2.55 bits per heavy atom. The third kappa shape index (κ3) is 2.42. The highest BCUT2D eigenvalue weighted by atomic mass is 15.4. The first kappa shape index (κ1) is 14.5. The minimum atomic E-state index is 0.369. The molecule has 0 aliphatic heterocycles. The van der Waals surface area contributed by atoms with Gasteiger partial charge in [-0.25, -0.2) is 4.68 Å². The molecule has 0 aliphatic carbocycles. The quantitative estimate of drug-likeness (QED) is 0.805. The second kappa shape index (κ2) is 5.73. The average molecular weight is 292 g/mol. The number of nitrogens with two attached hydrogens (primary N) is 1. The summed E-state index contributed by atoms with van der Waals surface area (Å²) in [6.07, 6.45) is 0. The molecule has 0 aliphatic rings. The predicted octanol–water partition coefficient (Wildman–Crippen LogP) is 3.32. The second-order valence-electron chi connectivity index (χ2n) is 5.59. The van der Waals surface area contributed by atoms with Crippen LogP contribution in [-0.4, -0.2) is 15.0 Å². The van der Waals surface area contributed by atoms with Crippen molar-refractivity contribution in [2.24, 2.45) is 5.73 Å². The van der Waals surface area contributed by atoms with Crippen molar-refractivity contribution in [2.75, 3.05) is 0 Å². The third-order valence-electron chi connectivity index (χ3n) is 4.03. The van der Waals surface area contributed by atoms with Crippen LogP contribution in [0.2, 0.25) is 0 Å². The molecule has 0 saturated heterocycles. The Bertz CT molecular complexity index is 818. The predicted molar refractivity (Wildman–Crippen MR) is 88.9 cm³/mol. The van der Waals surface area contributed by atoms with Crippen LogP contribution in [0.25, 0.3) is 16.9 Å². The largest absolute Gasteiger partial charge is 0.325 e. The number of aryl methyl sites for hydroxylation is 2. The minimum absolute atomic E-state index is 0.369. The van der Waals surface area contributed by atoms with Crippen molar-refractivity contribution in [3.63, 3.8) is 0 Å². The molecular formula is C18H20N4. The maximum Gasteiger partial charge on any atom is 0.105 e. The van der Waals surface area contributed by atoms with Crippen LogP contribution >= 0.6 is 0 Å². The molecule has 0 atom stereocenters. The molecule has 0 saturated carbocycles. The van der Waals surface area contributed by atoms with Gasteiger partial charge in [-0.05, 0) is 44.0 Å². The molecule has 2 aromatic carbocycles. The van der Waals surface area contributed by atoms with E-state index in [-0.39, 0.29) is 0 Å². The van der Waals surface area contributed by atoms with Gasteiger partial charge in [0.15, 0.2) is 0 Å². The van der Waals surface area contributed by atoms with Crippen LogP contribution in [-0.2, 0) is 6.54 Å². The summed E-state index contributed by atoms with van der Waals surface area (Å²) in [6, 6.07) is 14.6. The topological polar surface area (TPSA) is 56.7 Å². The van der Waals surface area contributed by atoms with Gasteiger partial charge >= 0.3 is 0 Å². The molecule has 0 unspecified atom stereocenters. The Labute approximate surface area is 130 Å². The van der Waals surface area contributed by atoms with E-state index in [0.717, 1.165) is 22.6 Å². The van der Waals surface area contributed by atoms with Crippen LogP contribution in [0.15, 0.2) is 42.5 Å². The lowest BCUT2D eigenvalue weighted by molar-refractivity contribution is 0.794. The van der Waals surface area contributed by atoms with Gasteiger partial charge in [0.1, 0.15) is 5.69 Å². The van der Waals surface area contributed by atoms with Gasteiger partial charge in [0.25, 0.3) is 0 Å². The molecule has 2 N–H and O–H groups in total. The Morgan fingerprint density at radius 1 is 1.05 bits per heavy atom. The van der Waals surface area contributed by atoms with Crippen LogP contribution < -0.4 is 5.73 Å². The van der Waals surface area contributed by atoms with Gasteiger partial charge in [0.05, 0.1) is 11.4 Å². The van der Waals surface area contributed by atoms with Crippen LogP contribution in [0.3, 0.4) is 0 Å². The van der Waals surface area contributed by atoms with Gasteiger partial charge in [-0.1, -0.05) is 41.1 Å². The van der Waals surface area contributed by atoms with E-state index in [4.69, 9.17) is 5.73 Å². The highest BCUT2D eigenvalue weighted by Crippen LogP contribution is 2.27. The van der Waals surface area contributed by atoms with Crippen LogP contribution in [0, 0.1) is 20.8 Å². The molecule has 3 rings (SSSR count). The lowest BCUT2D eigenvalue weighted by atomic mass is 10.0. The molecule has 0 spiro atoms. The molecule has 0 fully saturated rings. The molecule has 22 heavy (non-hydrogen) atoms. The molecule has 112 valence electrons. The zero-order valence-corrected chi connectivity index (χ0v) is 13.2. The van der Waals surface area contributed by atoms with E-state index in [0.29, 0.717) is 6.54 Å². The van der Waals surface area contributed by atoms with E-state index in [1.165, 1.54) is 16.7 Å². The van der Waals surface area contributed by atoms with Crippen molar-refractivity contribution in [1.29, 1.82) is 0 Å². The van der Waals surface area contributed by atoms with Crippen LogP contribution in [0.4, 0.5) is 0 Å². The zero-order valence-electron chi connectivity index (χ0n) is 13.2. The molecule has 4 heteroatoms. The minimum Gasteiger partial charge on any atom is -0.325 e. The van der Waals surface area contributed by atoms with E-state index >= 15 is 0 Å². The van der Waals surface area contributed by atoms with E-state index < -0.39 is 0 Å². The number of hydrogen-bond donors (Lipinski definition) is 1. The Kier molecular flexibility index (Phi) is 3.77. The van der Waals surface area contributed by atoms with E-state index in [1.807, 2.05) is 16.8 Å². The van der Waals surface area contributed by atoms with Gasteiger partial charge < -0.3 is 5.73 Å². The fourth-order valence-corrected chi connectivity index (χ4v) is 2.67. The van der Waals surface area contributed by atoms with Gasteiger partial charge in [0.2, 0.25) is 0 Å². The first-order valence-corrected chi connectivity index (χ1v) is 7.40. The summed E-state index contributed by atoms with van der Waals surface area (Å²) in [5, 5.41) is 8.63. The number of benzene rings is 2. The van der Waals surface area contributed by atoms with Gasteiger partial charge in [-0.2, -0.15) is 0 Å². The molecule has 3 aromatic rings. The number of rotatable bonds is 3. The summed E-state index contributed by atoms with van der Waals surface area (Å²) in [5.74, 6) is 0. The van der Waals surface area contributed by atoms with E-state index in [1.54, 1.807) is 0 Å². The monoisotopic (exact) mass is 292 g/mol. The van der Waals surface area contributed by atoms with Crippen LogP contribution in [0.1, 0.15) is 22.4 Å². The van der Waals surface area contributed by atoms with Crippen LogP contribution in [0.5, 0.6) is 0 Å². The summed E-state index contributed by atoms with van der Waals surface area (Å²) in [4.78, 5) is 0. The van der Waals surface area contributed by atoms with E-state index in [2.05, 4.69) is 61.4 Å². The first-order chi connectivity index (χ1) is 10.6. The molecule has 4 nitrogen and oxygen atoms in total. The lowest BCUT2D eigenvalue weighted by Gasteiger charge is -2.12. The van der Waals surface area contributed by atoms with Crippen molar-refractivity contribution in [3.8, 4) is 16.9 Å². The van der Waals surface area contributed by atoms with Gasteiger partial charge in [-0.3, -0.25) is 0 Å². The third-order valence-corrected chi connectivity index (χ3v) is 4.03. The molecular weight excluding hydrogens is 272 g/mol. The molecule has 0 radical (unpaired) electrons. The lowest BCUT2D eigenvalue weighted by Crippen LogP contribution is -2.04. The maximum absolute atomic E-state index is 5.87. The fourth-order valence-electron chi connectivity index (χ4n) is 2.67. The highest BCUT2D eigenvalue weighted by molar-refractivity contribution is 5.66. The number of nitrogens with zero attached hydrogens (tertiary/aromatic N) is 3. The first-order valence-electron chi connectivity index (χ1n) is 7.40. The van der Waals surface area contributed by atoms with Crippen molar-refractivity contribution >= 4 is 0 Å². The van der Waals surface area contributed by atoms with Crippen molar-refractivity contribution in [2.45, 2.75) is 27.3 Å². The van der Waals surface area contributed by atoms with E-state index in [9.17, 15) is 0 Å². The standard InChI is InChI=1S/C18H20N4/c1-12-6-4-8-15(10-12)18-16(11-19)20-21-22(18)17-9-5-7-13(2)14(17)3/h4-10H,11,19H2,1-3H3. The normalized spacial score (nSPS) is 10.9. The van der Waals surface area contributed by atoms with Gasteiger partial charge in [0, 0.05) is 12.1 Å². The summed E-state index contributed by atoms with van der Waals surface area (Å²) >= 11 is 0. The molecule has 1 heterocycles. The van der Waals surface area contributed by atoms with Crippen molar-refractivity contribution in [1.82, 2.24) is 15.0 Å². The summed E-state index contributed by atoms with van der Waals surface area (Å²) in [6.45, 7) is 6.66. The Hall–Kier alpha value is -2.46. The smallest absolute Gasteiger partial charge is 0.105 e. The van der Waals surface area contributed by atoms with Gasteiger partial charge in [-0.15, -0.1) is 5.10 Å². The Morgan fingerprint density at radius 2 is 1.82 bits per heavy atom. The summed E-state index contributed by atoms with van der Waals surface area (Å²) in [7, 11) is 0. The Balaban J connectivity index is 2.26. The number of hydrogen-bond acceptors (Lipinski definition) is 3. The number of aromatic nitrogens is 3. The van der Waals surface area contributed by atoms with Crippen molar-refractivity contribution in [3.05, 3.63) is 64.8 Å². The fraction of sp³-hybridized carbons (Fsp3) is 0.222. The SMILES string of the molecule is Cc1cccc(-c2c(CN)nnn2-c2cccc(C)c2C)c1. The van der Waals surface area contributed by atoms with Crippen molar-refractivity contribution < 1.29 is 0 Å². The average Bonchev–Trinajstić information content (AvgIpc) is 2.93. The zero-order chi connectivity index (χ0) is 15.7.